The fraction of sp³-hybridized carbons (Fsp3) is 0.357. The molecular weight excluding hydrogens is 256 g/mol. The second kappa shape index (κ2) is 7.40. The summed E-state index contributed by atoms with van der Waals surface area (Å²) in [5.74, 6) is 2.41. The van der Waals surface area contributed by atoms with Crippen LogP contribution in [0.15, 0.2) is 30.6 Å². The quantitative estimate of drug-likeness (QED) is 0.837. The summed E-state index contributed by atoms with van der Waals surface area (Å²) in [4.78, 5) is 12.7. The Morgan fingerprint density at radius 1 is 1.25 bits per heavy atom. The largest absolute Gasteiger partial charge is 0.437 e. The van der Waals surface area contributed by atoms with Gasteiger partial charge in [0.15, 0.2) is 5.82 Å². The molecule has 0 aliphatic heterocycles. The molecule has 1 N–H and O–H groups in total. The van der Waals surface area contributed by atoms with Crippen LogP contribution in [0.1, 0.15) is 19.7 Å². The van der Waals surface area contributed by atoms with Crippen LogP contribution >= 0.6 is 0 Å². The lowest BCUT2D eigenvalue weighted by molar-refractivity contribution is 0.128. The van der Waals surface area contributed by atoms with E-state index >= 15 is 0 Å². The molecule has 6 nitrogen and oxygen atoms in total. The van der Waals surface area contributed by atoms with Crippen LogP contribution in [0.3, 0.4) is 0 Å². The van der Waals surface area contributed by atoms with Gasteiger partial charge in [0.1, 0.15) is 18.2 Å². The molecule has 0 aromatic carbocycles. The summed E-state index contributed by atoms with van der Waals surface area (Å²) in [6.45, 7) is 5.69. The van der Waals surface area contributed by atoms with Crippen LogP contribution in [0.2, 0.25) is 0 Å². The number of pyridine rings is 1. The van der Waals surface area contributed by atoms with Gasteiger partial charge in [-0.2, -0.15) is 4.98 Å². The highest BCUT2D eigenvalue weighted by Crippen LogP contribution is 2.20. The average molecular weight is 274 g/mol. The predicted molar refractivity (Wildman–Crippen MR) is 75.8 cm³/mol. The van der Waals surface area contributed by atoms with E-state index in [1.165, 1.54) is 0 Å². The first kappa shape index (κ1) is 14.2. The molecule has 0 atom stereocenters. The third kappa shape index (κ3) is 4.17. The standard InChI is InChI=1S/C14H18N4O2/c1-3-16-12-8-14(18-13(17-12)10-19-4-2)20-11-6-5-7-15-9-11/h5-9H,3-4,10H2,1-2H3,(H,16,17,18). The molecule has 20 heavy (non-hydrogen) atoms. The van der Waals surface area contributed by atoms with Crippen molar-refractivity contribution in [1.29, 1.82) is 0 Å². The Bertz CT molecular complexity index is 534. The van der Waals surface area contributed by atoms with Crippen LogP contribution in [0.25, 0.3) is 0 Å². The summed E-state index contributed by atoms with van der Waals surface area (Å²) in [7, 11) is 0. The molecule has 0 fully saturated rings. The van der Waals surface area contributed by atoms with E-state index in [1.807, 2.05) is 26.0 Å². The summed E-state index contributed by atoms with van der Waals surface area (Å²) >= 11 is 0. The van der Waals surface area contributed by atoms with Gasteiger partial charge in [-0.25, -0.2) is 4.98 Å². The van der Waals surface area contributed by atoms with Crippen LogP contribution in [0, 0.1) is 0 Å². The molecule has 0 amide bonds. The second-order valence-corrected chi connectivity index (χ2v) is 3.97. The van der Waals surface area contributed by atoms with Gasteiger partial charge in [0.25, 0.3) is 0 Å². The van der Waals surface area contributed by atoms with E-state index in [0.29, 0.717) is 30.7 Å². The van der Waals surface area contributed by atoms with Crippen molar-refractivity contribution >= 4 is 5.82 Å². The van der Waals surface area contributed by atoms with Gasteiger partial charge in [-0.3, -0.25) is 4.98 Å². The van der Waals surface area contributed by atoms with Crippen molar-refractivity contribution in [3.8, 4) is 11.6 Å². The van der Waals surface area contributed by atoms with Crippen molar-refractivity contribution in [2.45, 2.75) is 20.5 Å². The Morgan fingerprint density at radius 3 is 2.85 bits per heavy atom. The SMILES string of the molecule is CCNc1cc(Oc2cccnc2)nc(COCC)n1. The van der Waals surface area contributed by atoms with E-state index in [-0.39, 0.29) is 0 Å². The molecule has 0 radical (unpaired) electrons. The van der Waals surface area contributed by atoms with Crippen LogP contribution in [-0.4, -0.2) is 28.1 Å². The zero-order valence-electron chi connectivity index (χ0n) is 11.7. The van der Waals surface area contributed by atoms with E-state index in [9.17, 15) is 0 Å². The van der Waals surface area contributed by atoms with Gasteiger partial charge >= 0.3 is 0 Å². The normalized spacial score (nSPS) is 10.3. The lowest BCUT2D eigenvalue weighted by atomic mass is 10.4. The van der Waals surface area contributed by atoms with Crippen molar-refractivity contribution in [2.24, 2.45) is 0 Å². The number of ether oxygens (including phenoxy) is 2. The first-order chi connectivity index (χ1) is 9.81. The smallest absolute Gasteiger partial charge is 0.224 e. The predicted octanol–water partition coefficient (Wildman–Crippen LogP) is 2.63. The topological polar surface area (TPSA) is 69.2 Å². The minimum absolute atomic E-state index is 0.360. The Balaban J connectivity index is 2.19. The zero-order valence-corrected chi connectivity index (χ0v) is 11.7. The number of nitrogens with zero attached hydrogens (tertiary/aromatic N) is 3. The van der Waals surface area contributed by atoms with Gasteiger partial charge in [0.2, 0.25) is 5.88 Å². The molecule has 0 spiro atoms. The number of rotatable bonds is 7. The van der Waals surface area contributed by atoms with Gasteiger partial charge < -0.3 is 14.8 Å². The molecule has 0 unspecified atom stereocenters. The number of nitrogens with one attached hydrogen (secondary N) is 1. The van der Waals surface area contributed by atoms with Crippen molar-refractivity contribution in [2.75, 3.05) is 18.5 Å². The van der Waals surface area contributed by atoms with Gasteiger partial charge in [0, 0.05) is 25.4 Å². The lowest BCUT2D eigenvalue weighted by Gasteiger charge is -2.09. The van der Waals surface area contributed by atoms with E-state index in [2.05, 4.69) is 20.3 Å². The highest BCUT2D eigenvalue weighted by molar-refractivity contribution is 5.39. The minimum Gasteiger partial charge on any atom is -0.437 e. The Morgan fingerprint density at radius 2 is 2.15 bits per heavy atom. The fourth-order valence-electron chi connectivity index (χ4n) is 1.58. The second-order valence-electron chi connectivity index (χ2n) is 3.97. The molecule has 2 aromatic heterocycles. The van der Waals surface area contributed by atoms with E-state index < -0.39 is 0 Å². The maximum Gasteiger partial charge on any atom is 0.224 e. The first-order valence-electron chi connectivity index (χ1n) is 6.59. The van der Waals surface area contributed by atoms with Crippen LogP contribution in [0.4, 0.5) is 5.82 Å². The molecule has 2 heterocycles. The lowest BCUT2D eigenvalue weighted by Crippen LogP contribution is -2.06. The van der Waals surface area contributed by atoms with Crippen molar-refractivity contribution < 1.29 is 9.47 Å². The van der Waals surface area contributed by atoms with Crippen molar-refractivity contribution in [3.63, 3.8) is 0 Å². The van der Waals surface area contributed by atoms with Crippen molar-refractivity contribution in [3.05, 3.63) is 36.4 Å². The Kier molecular flexibility index (Phi) is 5.25. The average Bonchev–Trinajstić information content (AvgIpc) is 2.46. The van der Waals surface area contributed by atoms with Crippen LogP contribution in [-0.2, 0) is 11.3 Å². The molecule has 0 aliphatic carbocycles. The molecular formula is C14H18N4O2. The third-order valence-corrected chi connectivity index (χ3v) is 2.40. The molecule has 2 rings (SSSR count). The highest BCUT2D eigenvalue weighted by atomic mass is 16.5. The molecule has 106 valence electrons. The van der Waals surface area contributed by atoms with Crippen LogP contribution < -0.4 is 10.1 Å². The molecule has 0 bridgehead atoms. The summed E-state index contributed by atoms with van der Waals surface area (Å²) in [5.41, 5.74) is 0. The third-order valence-electron chi connectivity index (χ3n) is 2.40. The van der Waals surface area contributed by atoms with Gasteiger partial charge in [0.05, 0.1) is 6.20 Å². The number of anilines is 1. The summed E-state index contributed by atoms with van der Waals surface area (Å²) in [6, 6.07) is 5.39. The number of hydrogen-bond acceptors (Lipinski definition) is 6. The van der Waals surface area contributed by atoms with Gasteiger partial charge in [-0.1, -0.05) is 0 Å². The molecule has 2 aromatic rings. The monoisotopic (exact) mass is 274 g/mol. The fourth-order valence-corrected chi connectivity index (χ4v) is 1.58. The zero-order chi connectivity index (χ0) is 14.2. The molecule has 0 saturated heterocycles. The summed E-state index contributed by atoms with van der Waals surface area (Å²) in [6.07, 6.45) is 3.33. The highest BCUT2D eigenvalue weighted by Gasteiger charge is 2.06. The molecule has 0 aliphatic rings. The van der Waals surface area contributed by atoms with E-state index in [4.69, 9.17) is 9.47 Å². The first-order valence-corrected chi connectivity index (χ1v) is 6.59. The van der Waals surface area contributed by atoms with Crippen LogP contribution in [0.5, 0.6) is 11.6 Å². The Labute approximate surface area is 118 Å². The van der Waals surface area contributed by atoms with Crippen molar-refractivity contribution in [1.82, 2.24) is 15.0 Å². The summed E-state index contributed by atoms with van der Waals surface area (Å²) in [5, 5.41) is 3.15. The van der Waals surface area contributed by atoms with E-state index in [1.54, 1.807) is 18.5 Å². The van der Waals surface area contributed by atoms with Gasteiger partial charge in [-0.15, -0.1) is 0 Å². The maximum atomic E-state index is 5.68. The maximum absolute atomic E-state index is 5.68. The molecule has 6 heteroatoms. The van der Waals surface area contributed by atoms with Gasteiger partial charge in [-0.05, 0) is 26.0 Å². The molecule has 0 saturated carbocycles. The summed E-state index contributed by atoms with van der Waals surface area (Å²) < 4.78 is 11.0. The van der Waals surface area contributed by atoms with E-state index in [0.717, 1.165) is 12.4 Å². The Hall–Kier alpha value is -2.21. The number of aromatic nitrogens is 3. The minimum atomic E-state index is 0.360. The number of hydrogen-bond donors (Lipinski definition) is 1.